The number of carbonyl (C=O) groups is 1. The van der Waals surface area contributed by atoms with E-state index in [0.29, 0.717) is 24.7 Å². The third kappa shape index (κ3) is 4.92. The molecule has 2 aromatic heterocycles. The fourth-order valence-electron chi connectivity index (χ4n) is 2.41. The van der Waals surface area contributed by atoms with E-state index in [1.807, 2.05) is 25.3 Å². The molecule has 0 aliphatic heterocycles. The van der Waals surface area contributed by atoms with Crippen molar-refractivity contribution < 1.29 is 14.3 Å². The minimum absolute atomic E-state index is 0.0134. The molecule has 3 rings (SSSR count). The quantitative estimate of drug-likeness (QED) is 0.587. The summed E-state index contributed by atoms with van der Waals surface area (Å²) < 4.78 is 12.5. The molecule has 3 aromatic rings. The van der Waals surface area contributed by atoms with Gasteiger partial charge in [0.25, 0.3) is 11.7 Å². The largest absolute Gasteiger partial charge is 0.494 e. The molecule has 0 aliphatic rings. The minimum atomic E-state index is -0.149. The number of aromatic nitrogens is 4. The average molecular weight is 355 g/mol. The molecule has 1 aromatic carbocycles. The van der Waals surface area contributed by atoms with Gasteiger partial charge in [-0.25, -0.2) is 9.50 Å². The number of fused-ring (bicyclic) bond motifs is 1. The second-order valence-electron chi connectivity index (χ2n) is 5.61. The van der Waals surface area contributed by atoms with Crippen LogP contribution in [0.4, 0.5) is 0 Å². The summed E-state index contributed by atoms with van der Waals surface area (Å²) in [5, 5.41) is 6.90. The van der Waals surface area contributed by atoms with E-state index in [2.05, 4.69) is 20.4 Å². The summed E-state index contributed by atoms with van der Waals surface area (Å²) in [7, 11) is 0. The molecular weight excluding hydrogens is 334 g/mol. The number of hydrogen-bond donors (Lipinski definition) is 1. The topological polar surface area (TPSA) is 90.6 Å². The number of aryl methyl sites for hydroxylation is 1. The molecule has 26 heavy (non-hydrogen) atoms. The first-order valence-electron chi connectivity index (χ1n) is 8.51. The minimum Gasteiger partial charge on any atom is -0.494 e. The van der Waals surface area contributed by atoms with E-state index >= 15 is 0 Å². The van der Waals surface area contributed by atoms with Crippen molar-refractivity contribution in [2.75, 3.05) is 19.8 Å². The predicted octanol–water partition coefficient (Wildman–Crippen LogP) is 1.65. The van der Waals surface area contributed by atoms with Gasteiger partial charge in [-0.2, -0.15) is 10.1 Å². The van der Waals surface area contributed by atoms with E-state index in [0.717, 1.165) is 24.2 Å². The van der Waals surface area contributed by atoms with Crippen LogP contribution in [0.3, 0.4) is 0 Å². The summed E-state index contributed by atoms with van der Waals surface area (Å²) in [6.07, 6.45) is 6.74. The lowest BCUT2D eigenvalue weighted by Crippen LogP contribution is -2.29. The zero-order valence-electron chi connectivity index (χ0n) is 14.6. The number of ether oxygens (including phenoxy) is 2. The van der Waals surface area contributed by atoms with Crippen LogP contribution in [0.5, 0.6) is 11.5 Å². The molecule has 0 fully saturated rings. The van der Waals surface area contributed by atoms with E-state index in [-0.39, 0.29) is 12.5 Å². The number of carbonyl (C=O) groups excluding carboxylic acids is 1. The maximum absolute atomic E-state index is 11.8. The maximum atomic E-state index is 11.8. The van der Waals surface area contributed by atoms with Crippen LogP contribution in [0, 0.1) is 0 Å². The van der Waals surface area contributed by atoms with Crippen molar-refractivity contribution in [2.45, 2.75) is 19.8 Å². The third-order valence-electron chi connectivity index (χ3n) is 3.66. The lowest BCUT2D eigenvalue weighted by Gasteiger charge is -2.08. The molecule has 0 atom stereocenters. The van der Waals surface area contributed by atoms with Crippen molar-refractivity contribution in [2.24, 2.45) is 0 Å². The van der Waals surface area contributed by atoms with E-state index in [9.17, 15) is 4.79 Å². The molecule has 0 saturated carbocycles. The second kappa shape index (κ2) is 8.80. The summed E-state index contributed by atoms with van der Waals surface area (Å²) in [6, 6.07) is 7.20. The van der Waals surface area contributed by atoms with E-state index in [4.69, 9.17) is 9.47 Å². The number of nitrogens with one attached hydrogen (secondary N) is 1. The molecule has 0 spiro atoms. The standard InChI is InChI=1S/C18H21N5O3/c1-2-25-15-5-7-16(8-6-15)26-12-17(24)19-9-3-4-14-10-20-18-21-13-22-23(18)11-14/h5-8,10-11,13H,2-4,9,12H2,1H3,(H,19,24). The highest BCUT2D eigenvalue weighted by molar-refractivity contribution is 5.77. The van der Waals surface area contributed by atoms with Gasteiger partial charge in [-0.3, -0.25) is 4.79 Å². The highest BCUT2D eigenvalue weighted by atomic mass is 16.5. The van der Waals surface area contributed by atoms with Crippen LogP contribution in [-0.2, 0) is 11.2 Å². The van der Waals surface area contributed by atoms with Gasteiger partial charge in [0, 0.05) is 18.9 Å². The number of rotatable bonds is 9. The van der Waals surface area contributed by atoms with Gasteiger partial charge in [0.05, 0.1) is 6.61 Å². The fraction of sp³-hybridized carbons (Fsp3) is 0.333. The molecule has 0 radical (unpaired) electrons. The van der Waals surface area contributed by atoms with E-state index in [1.165, 1.54) is 6.33 Å². The predicted molar refractivity (Wildman–Crippen MR) is 95.2 cm³/mol. The first-order valence-corrected chi connectivity index (χ1v) is 8.51. The first kappa shape index (κ1) is 17.7. The molecule has 1 N–H and O–H groups in total. The smallest absolute Gasteiger partial charge is 0.257 e. The summed E-state index contributed by atoms with van der Waals surface area (Å²) in [6.45, 7) is 3.10. The van der Waals surface area contributed by atoms with Gasteiger partial charge in [-0.05, 0) is 49.6 Å². The Labute approximate surface area is 151 Å². The van der Waals surface area contributed by atoms with Crippen molar-refractivity contribution in [3.8, 4) is 11.5 Å². The van der Waals surface area contributed by atoms with Gasteiger partial charge in [0.15, 0.2) is 6.61 Å². The molecule has 0 bridgehead atoms. The van der Waals surface area contributed by atoms with Gasteiger partial charge < -0.3 is 14.8 Å². The van der Waals surface area contributed by atoms with Gasteiger partial charge >= 0.3 is 0 Å². The highest BCUT2D eigenvalue weighted by Gasteiger charge is 2.04. The van der Waals surface area contributed by atoms with Crippen molar-refractivity contribution in [3.05, 3.63) is 48.5 Å². The molecular formula is C18H21N5O3. The van der Waals surface area contributed by atoms with Crippen LogP contribution in [0.2, 0.25) is 0 Å². The number of benzene rings is 1. The number of hydrogen-bond acceptors (Lipinski definition) is 6. The Morgan fingerprint density at radius 3 is 2.69 bits per heavy atom. The van der Waals surface area contributed by atoms with Gasteiger partial charge in [-0.15, -0.1) is 0 Å². The van der Waals surface area contributed by atoms with Crippen molar-refractivity contribution in [1.82, 2.24) is 24.9 Å². The van der Waals surface area contributed by atoms with Crippen LogP contribution in [0.25, 0.3) is 5.78 Å². The Morgan fingerprint density at radius 1 is 1.15 bits per heavy atom. The zero-order valence-corrected chi connectivity index (χ0v) is 14.6. The van der Waals surface area contributed by atoms with Crippen molar-refractivity contribution >= 4 is 11.7 Å². The maximum Gasteiger partial charge on any atom is 0.257 e. The molecule has 8 nitrogen and oxygen atoms in total. The lowest BCUT2D eigenvalue weighted by molar-refractivity contribution is -0.123. The Morgan fingerprint density at radius 2 is 1.92 bits per heavy atom. The van der Waals surface area contributed by atoms with Gasteiger partial charge in [0.2, 0.25) is 0 Å². The molecule has 2 heterocycles. The number of nitrogens with zero attached hydrogens (tertiary/aromatic N) is 4. The van der Waals surface area contributed by atoms with Crippen LogP contribution in [0.15, 0.2) is 43.0 Å². The van der Waals surface area contributed by atoms with Crippen LogP contribution >= 0.6 is 0 Å². The Kier molecular flexibility index (Phi) is 5.97. The van der Waals surface area contributed by atoms with Crippen LogP contribution in [0.1, 0.15) is 18.9 Å². The van der Waals surface area contributed by atoms with E-state index < -0.39 is 0 Å². The van der Waals surface area contributed by atoms with Crippen LogP contribution < -0.4 is 14.8 Å². The normalized spacial score (nSPS) is 10.7. The second-order valence-corrected chi connectivity index (χ2v) is 5.61. The SMILES string of the molecule is CCOc1ccc(OCC(=O)NCCCc2cnc3ncnn3c2)cc1. The first-order chi connectivity index (χ1) is 12.7. The Hall–Kier alpha value is -3.16. The van der Waals surface area contributed by atoms with E-state index in [1.54, 1.807) is 22.8 Å². The van der Waals surface area contributed by atoms with Gasteiger partial charge in [-0.1, -0.05) is 0 Å². The summed E-state index contributed by atoms with van der Waals surface area (Å²) in [4.78, 5) is 20.1. The Bertz CT molecular complexity index is 847. The molecule has 0 aliphatic carbocycles. The summed E-state index contributed by atoms with van der Waals surface area (Å²) >= 11 is 0. The van der Waals surface area contributed by atoms with Gasteiger partial charge in [0.1, 0.15) is 17.8 Å². The summed E-state index contributed by atoms with van der Waals surface area (Å²) in [5.74, 6) is 1.84. The lowest BCUT2D eigenvalue weighted by atomic mass is 10.2. The van der Waals surface area contributed by atoms with Crippen molar-refractivity contribution in [3.63, 3.8) is 0 Å². The van der Waals surface area contributed by atoms with Crippen molar-refractivity contribution in [1.29, 1.82) is 0 Å². The van der Waals surface area contributed by atoms with Crippen LogP contribution in [-0.4, -0.2) is 45.2 Å². The molecule has 8 heteroatoms. The molecule has 0 saturated heterocycles. The summed E-state index contributed by atoms with van der Waals surface area (Å²) in [5.41, 5.74) is 1.04. The fourth-order valence-corrected chi connectivity index (χ4v) is 2.41. The average Bonchev–Trinajstić information content (AvgIpc) is 3.13. The monoisotopic (exact) mass is 355 g/mol. The molecule has 0 unspecified atom stereocenters. The zero-order chi connectivity index (χ0) is 18.2. The molecule has 136 valence electrons. The Balaban J connectivity index is 1.34. The molecule has 1 amide bonds. The third-order valence-corrected chi connectivity index (χ3v) is 3.66. The highest BCUT2D eigenvalue weighted by Crippen LogP contribution is 2.17. The number of amides is 1.